The van der Waals surface area contributed by atoms with Crippen molar-refractivity contribution >= 4 is 0 Å². The number of nitrogens with two attached hydrogens (primary N) is 1. The highest BCUT2D eigenvalue weighted by Crippen LogP contribution is 2.27. The molecule has 0 aromatic rings. The molecule has 1 atom stereocenters. The van der Waals surface area contributed by atoms with Crippen LogP contribution in [-0.2, 0) is 0 Å². The van der Waals surface area contributed by atoms with Gasteiger partial charge in [0.1, 0.15) is 0 Å². The lowest BCUT2D eigenvalue weighted by Gasteiger charge is -2.09. The minimum atomic E-state index is 0.505. The molecule has 0 amide bonds. The van der Waals surface area contributed by atoms with Crippen LogP contribution in [0.5, 0.6) is 0 Å². The molecule has 0 heterocycles. The fraction of sp³-hybridized carbons (Fsp3) is 1.00. The van der Waals surface area contributed by atoms with E-state index in [4.69, 9.17) is 5.73 Å². The van der Waals surface area contributed by atoms with Crippen LogP contribution in [0.15, 0.2) is 0 Å². The summed E-state index contributed by atoms with van der Waals surface area (Å²) in [6.45, 7) is 4.06. The van der Waals surface area contributed by atoms with Gasteiger partial charge in [0.2, 0.25) is 0 Å². The first-order valence-corrected chi connectivity index (χ1v) is 3.76. The molecule has 0 radical (unpaired) electrons. The zero-order valence-electron chi connectivity index (χ0n) is 6.06. The Kier molecular flexibility index (Phi) is 2.49. The Morgan fingerprint density at radius 1 is 1.67 bits per heavy atom. The van der Waals surface area contributed by atoms with Crippen molar-refractivity contribution in [1.29, 1.82) is 0 Å². The number of rotatable bonds is 4. The Morgan fingerprint density at radius 2 is 2.33 bits per heavy atom. The molecule has 0 aromatic carbocycles. The number of nitrogens with one attached hydrogen (secondary N) is 1. The molecule has 0 saturated heterocycles. The van der Waals surface area contributed by atoms with E-state index >= 15 is 0 Å². The second-order valence-corrected chi connectivity index (χ2v) is 2.99. The fourth-order valence-electron chi connectivity index (χ4n) is 0.773. The van der Waals surface area contributed by atoms with Crippen LogP contribution in [-0.4, -0.2) is 19.1 Å². The van der Waals surface area contributed by atoms with E-state index in [1.54, 1.807) is 0 Å². The Balaban J connectivity index is 1.90. The maximum Gasteiger partial charge on any atom is 0.0162 e. The summed E-state index contributed by atoms with van der Waals surface area (Å²) in [5.41, 5.74) is 5.42. The van der Waals surface area contributed by atoms with Gasteiger partial charge in [0.15, 0.2) is 0 Å². The quantitative estimate of drug-likeness (QED) is 0.572. The molecule has 3 N–H and O–H groups in total. The molecule has 1 rings (SSSR count). The molecule has 1 unspecified atom stereocenters. The summed E-state index contributed by atoms with van der Waals surface area (Å²) in [4.78, 5) is 0. The number of hydrogen-bond acceptors (Lipinski definition) is 2. The highest BCUT2D eigenvalue weighted by molar-refractivity contribution is 4.76. The van der Waals surface area contributed by atoms with Crippen LogP contribution >= 0.6 is 0 Å². The number of hydrogen-bond donors (Lipinski definition) is 2. The largest absolute Gasteiger partial charge is 0.329 e. The molecule has 9 heavy (non-hydrogen) atoms. The van der Waals surface area contributed by atoms with Gasteiger partial charge in [-0.2, -0.15) is 0 Å². The van der Waals surface area contributed by atoms with Crippen molar-refractivity contribution in [3.05, 3.63) is 0 Å². The molecule has 2 heteroatoms. The molecule has 1 aliphatic carbocycles. The van der Waals surface area contributed by atoms with Crippen molar-refractivity contribution in [2.45, 2.75) is 25.8 Å². The Bertz CT molecular complexity index is 79.0. The van der Waals surface area contributed by atoms with Crippen LogP contribution in [0.1, 0.15) is 19.8 Å². The molecule has 54 valence electrons. The third kappa shape index (κ3) is 2.82. The third-order valence-electron chi connectivity index (χ3n) is 1.81. The molecule has 1 fully saturated rings. The van der Waals surface area contributed by atoms with Gasteiger partial charge in [-0.15, -0.1) is 0 Å². The first kappa shape index (κ1) is 7.03. The molecule has 0 aliphatic heterocycles. The summed E-state index contributed by atoms with van der Waals surface area (Å²) in [6.07, 6.45) is 2.84. The van der Waals surface area contributed by atoms with Crippen LogP contribution in [0, 0.1) is 5.92 Å². The normalized spacial score (nSPS) is 22.0. The molecule has 0 bridgehead atoms. The lowest BCUT2D eigenvalue weighted by atomic mass is 10.3. The van der Waals surface area contributed by atoms with E-state index < -0.39 is 0 Å². The Labute approximate surface area is 56.8 Å². The lowest BCUT2D eigenvalue weighted by molar-refractivity contribution is 0.535. The minimum Gasteiger partial charge on any atom is -0.329 e. The van der Waals surface area contributed by atoms with E-state index in [1.807, 2.05) is 0 Å². The molecule has 1 aliphatic rings. The topological polar surface area (TPSA) is 38.0 Å². The van der Waals surface area contributed by atoms with Crippen molar-refractivity contribution in [3.63, 3.8) is 0 Å². The van der Waals surface area contributed by atoms with Gasteiger partial charge in [-0.1, -0.05) is 0 Å². The Morgan fingerprint density at radius 3 is 2.78 bits per heavy atom. The van der Waals surface area contributed by atoms with E-state index in [1.165, 1.54) is 19.4 Å². The van der Waals surface area contributed by atoms with Crippen LogP contribution in [0.2, 0.25) is 0 Å². The van der Waals surface area contributed by atoms with Gasteiger partial charge in [0.25, 0.3) is 0 Å². The maximum atomic E-state index is 5.42. The van der Waals surface area contributed by atoms with Crippen LogP contribution < -0.4 is 11.1 Å². The van der Waals surface area contributed by atoms with E-state index in [9.17, 15) is 0 Å². The highest BCUT2D eigenvalue weighted by atomic mass is 14.9. The van der Waals surface area contributed by atoms with Gasteiger partial charge in [0, 0.05) is 12.6 Å². The van der Waals surface area contributed by atoms with E-state index in [2.05, 4.69) is 12.2 Å². The summed E-state index contributed by atoms with van der Waals surface area (Å²) in [7, 11) is 0. The molecule has 0 spiro atoms. The summed E-state index contributed by atoms with van der Waals surface area (Å²) in [6, 6.07) is 0.505. The lowest BCUT2D eigenvalue weighted by Crippen LogP contribution is -2.34. The predicted molar refractivity (Wildman–Crippen MR) is 39.2 cm³/mol. The van der Waals surface area contributed by atoms with Gasteiger partial charge in [-0.3, -0.25) is 0 Å². The van der Waals surface area contributed by atoms with Crippen LogP contribution in [0.3, 0.4) is 0 Å². The average Bonchev–Trinajstić information content (AvgIpc) is 2.65. The zero-order valence-corrected chi connectivity index (χ0v) is 6.06. The van der Waals surface area contributed by atoms with Gasteiger partial charge in [0.05, 0.1) is 0 Å². The summed E-state index contributed by atoms with van der Waals surface area (Å²) >= 11 is 0. The molecule has 2 nitrogen and oxygen atoms in total. The fourth-order valence-corrected chi connectivity index (χ4v) is 0.773. The predicted octanol–water partition coefficient (Wildman–Crippen LogP) is 0.333. The van der Waals surface area contributed by atoms with E-state index in [0.29, 0.717) is 6.04 Å². The SMILES string of the molecule is CC(CN)NCC1CC1. The monoisotopic (exact) mass is 128 g/mol. The van der Waals surface area contributed by atoms with E-state index in [-0.39, 0.29) is 0 Å². The van der Waals surface area contributed by atoms with Gasteiger partial charge < -0.3 is 11.1 Å². The van der Waals surface area contributed by atoms with Gasteiger partial charge >= 0.3 is 0 Å². The maximum absolute atomic E-state index is 5.42. The smallest absolute Gasteiger partial charge is 0.0162 e. The molecule has 0 aromatic heterocycles. The summed E-state index contributed by atoms with van der Waals surface area (Å²) in [5, 5.41) is 3.37. The van der Waals surface area contributed by atoms with Crippen molar-refractivity contribution in [2.75, 3.05) is 13.1 Å². The van der Waals surface area contributed by atoms with Crippen molar-refractivity contribution < 1.29 is 0 Å². The second-order valence-electron chi connectivity index (χ2n) is 2.99. The Hall–Kier alpha value is -0.0800. The summed E-state index contributed by atoms with van der Waals surface area (Å²) < 4.78 is 0. The van der Waals surface area contributed by atoms with Crippen LogP contribution in [0.4, 0.5) is 0 Å². The average molecular weight is 128 g/mol. The van der Waals surface area contributed by atoms with Gasteiger partial charge in [-0.25, -0.2) is 0 Å². The van der Waals surface area contributed by atoms with Crippen molar-refractivity contribution in [3.8, 4) is 0 Å². The van der Waals surface area contributed by atoms with E-state index in [0.717, 1.165) is 12.5 Å². The molecular formula is C7H16N2. The van der Waals surface area contributed by atoms with Gasteiger partial charge in [-0.05, 0) is 32.2 Å². The second kappa shape index (κ2) is 3.18. The first-order chi connectivity index (χ1) is 4.33. The molecule has 1 saturated carbocycles. The van der Waals surface area contributed by atoms with Crippen molar-refractivity contribution in [1.82, 2.24) is 5.32 Å². The zero-order chi connectivity index (χ0) is 6.69. The minimum absolute atomic E-state index is 0.505. The van der Waals surface area contributed by atoms with Crippen molar-refractivity contribution in [2.24, 2.45) is 11.7 Å². The highest BCUT2D eigenvalue weighted by Gasteiger charge is 2.20. The standard InChI is InChI=1S/C7H16N2/c1-6(4-8)9-5-7-2-3-7/h6-7,9H,2-5,8H2,1H3. The third-order valence-corrected chi connectivity index (χ3v) is 1.81. The first-order valence-electron chi connectivity index (χ1n) is 3.76. The molecular weight excluding hydrogens is 112 g/mol. The van der Waals surface area contributed by atoms with Crippen LogP contribution in [0.25, 0.3) is 0 Å². The summed E-state index contributed by atoms with van der Waals surface area (Å²) in [5.74, 6) is 0.971.